The third-order valence-corrected chi connectivity index (χ3v) is 1.67. The Labute approximate surface area is 74.8 Å². The monoisotopic (exact) mass is 173 g/mol. The zero-order valence-corrected chi connectivity index (χ0v) is 6.78. The highest BCUT2D eigenvalue weighted by atomic mass is 15.4. The lowest BCUT2D eigenvalue weighted by Gasteiger charge is -2.08. The topological polar surface area (TPSA) is 59.4 Å². The van der Waals surface area contributed by atoms with Gasteiger partial charge in [0.05, 0.1) is 0 Å². The lowest BCUT2D eigenvalue weighted by atomic mass is 10.5. The van der Waals surface area contributed by atoms with Crippen LogP contribution in [0.1, 0.15) is 6.17 Å². The zero-order valence-electron chi connectivity index (χ0n) is 6.78. The van der Waals surface area contributed by atoms with Gasteiger partial charge in [-0.3, -0.25) is 0 Å². The molecule has 0 saturated heterocycles. The van der Waals surface area contributed by atoms with E-state index >= 15 is 0 Å². The highest BCUT2D eigenvalue weighted by molar-refractivity contribution is 4.94. The van der Waals surface area contributed by atoms with Crippen molar-refractivity contribution in [1.82, 2.24) is 19.6 Å². The molecule has 13 heavy (non-hydrogen) atoms. The van der Waals surface area contributed by atoms with Gasteiger partial charge in [-0.1, -0.05) is 0 Å². The average molecular weight is 173 g/mol. The molecule has 0 aromatic carbocycles. The molecule has 0 amide bonds. The van der Waals surface area contributed by atoms with Gasteiger partial charge in [0, 0.05) is 24.8 Å². The second-order valence-electron chi connectivity index (χ2n) is 2.47. The predicted octanol–water partition coefficient (Wildman–Crippen LogP) is 0.650. The van der Waals surface area contributed by atoms with E-state index in [9.17, 15) is 0 Å². The Hall–Kier alpha value is -2.09. The standard InChI is InChI=1S/C8H7N5/c9-7-8(12-5-1-3-10-12)13-6-2-4-11-13/h1-6,8H. The Morgan fingerprint density at radius 3 is 1.92 bits per heavy atom. The molecule has 0 atom stereocenters. The molecule has 0 radical (unpaired) electrons. The number of rotatable bonds is 2. The Kier molecular flexibility index (Phi) is 1.81. The van der Waals surface area contributed by atoms with Crippen LogP contribution >= 0.6 is 0 Å². The van der Waals surface area contributed by atoms with Gasteiger partial charge in [-0.2, -0.15) is 15.5 Å². The molecule has 0 aliphatic rings. The van der Waals surface area contributed by atoms with E-state index in [0.29, 0.717) is 0 Å². The van der Waals surface area contributed by atoms with Crippen LogP contribution in [-0.2, 0) is 0 Å². The summed E-state index contributed by atoms with van der Waals surface area (Å²) in [6, 6.07) is 5.65. The molecule has 2 aromatic rings. The van der Waals surface area contributed by atoms with Crippen molar-refractivity contribution in [3.05, 3.63) is 36.9 Å². The fourth-order valence-corrected chi connectivity index (χ4v) is 1.09. The van der Waals surface area contributed by atoms with Gasteiger partial charge >= 0.3 is 0 Å². The maximum Gasteiger partial charge on any atom is 0.229 e. The quantitative estimate of drug-likeness (QED) is 0.669. The van der Waals surface area contributed by atoms with Crippen LogP contribution in [-0.4, -0.2) is 19.6 Å². The molecule has 2 rings (SSSR count). The van der Waals surface area contributed by atoms with Crippen molar-refractivity contribution in [3.63, 3.8) is 0 Å². The zero-order chi connectivity index (χ0) is 9.10. The first-order chi connectivity index (χ1) is 6.42. The summed E-state index contributed by atoms with van der Waals surface area (Å²) < 4.78 is 3.10. The maximum absolute atomic E-state index is 8.90. The Balaban J connectivity index is 2.36. The first-order valence-corrected chi connectivity index (χ1v) is 3.79. The van der Waals surface area contributed by atoms with E-state index in [-0.39, 0.29) is 0 Å². The Bertz CT molecular complexity index is 360. The number of hydrogen-bond donors (Lipinski definition) is 0. The largest absolute Gasteiger partial charge is 0.234 e. The molecule has 2 aromatic heterocycles. The van der Waals surface area contributed by atoms with Crippen molar-refractivity contribution in [2.45, 2.75) is 6.17 Å². The summed E-state index contributed by atoms with van der Waals surface area (Å²) in [5.74, 6) is 0. The van der Waals surface area contributed by atoms with Crippen molar-refractivity contribution < 1.29 is 0 Å². The first kappa shape index (κ1) is 7.55. The minimum Gasteiger partial charge on any atom is -0.234 e. The van der Waals surface area contributed by atoms with Gasteiger partial charge in [-0.05, 0) is 12.1 Å². The van der Waals surface area contributed by atoms with Gasteiger partial charge in [0.2, 0.25) is 6.17 Å². The van der Waals surface area contributed by atoms with Crippen molar-refractivity contribution in [3.8, 4) is 6.07 Å². The molecule has 0 unspecified atom stereocenters. The number of nitrogens with zero attached hydrogens (tertiary/aromatic N) is 5. The van der Waals surface area contributed by atoms with Crippen LogP contribution < -0.4 is 0 Å². The molecule has 2 heterocycles. The van der Waals surface area contributed by atoms with Crippen LogP contribution in [0, 0.1) is 11.3 Å². The minimum absolute atomic E-state index is 0.495. The van der Waals surface area contributed by atoms with E-state index in [1.165, 1.54) is 0 Å². The van der Waals surface area contributed by atoms with E-state index < -0.39 is 6.17 Å². The lowest BCUT2D eigenvalue weighted by Crippen LogP contribution is -2.17. The Morgan fingerprint density at radius 2 is 1.62 bits per heavy atom. The molecule has 0 spiro atoms. The molecule has 0 N–H and O–H groups in total. The molecular weight excluding hydrogens is 166 g/mol. The van der Waals surface area contributed by atoms with Crippen LogP contribution in [0.2, 0.25) is 0 Å². The van der Waals surface area contributed by atoms with Crippen molar-refractivity contribution in [2.75, 3.05) is 0 Å². The summed E-state index contributed by atoms with van der Waals surface area (Å²) in [6.45, 7) is 0. The number of hydrogen-bond acceptors (Lipinski definition) is 3. The molecule has 0 fully saturated rings. The molecule has 5 nitrogen and oxygen atoms in total. The van der Waals surface area contributed by atoms with E-state index in [2.05, 4.69) is 16.3 Å². The van der Waals surface area contributed by atoms with E-state index in [1.54, 1.807) is 46.3 Å². The molecular formula is C8H7N5. The van der Waals surface area contributed by atoms with Gasteiger partial charge in [0.1, 0.15) is 6.07 Å². The maximum atomic E-state index is 8.90. The second-order valence-corrected chi connectivity index (χ2v) is 2.47. The fraction of sp³-hybridized carbons (Fsp3) is 0.125. The van der Waals surface area contributed by atoms with Crippen LogP contribution in [0.25, 0.3) is 0 Å². The van der Waals surface area contributed by atoms with Gasteiger partial charge in [-0.15, -0.1) is 0 Å². The summed E-state index contributed by atoms with van der Waals surface area (Å²) in [4.78, 5) is 0. The van der Waals surface area contributed by atoms with E-state index in [0.717, 1.165) is 0 Å². The lowest BCUT2D eigenvalue weighted by molar-refractivity contribution is 0.441. The number of nitriles is 1. The summed E-state index contributed by atoms with van der Waals surface area (Å²) in [7, 11) is 0. The SMILES string of the molecule is N#CC(n1cccn1)n1cccn1. The molecule has 0 aliphatic carbocycles. The summed E-state index contributed by atoms with van der Waals surface area (Å²) in [5.41, 5.74) is 0. The predicted molar refractivity (Wildman–Crippen MR) is 44.5 cm³/mol. The fourth-order valence-electron chi connectivity index (χ4n) is 1.09. The highest BCUT2D eigenvalue weighted by Gasteiger charge is 2.10. The third-order valence-electron chi connectivity index (χ3n) is 1.67. The van der Waals surface area contributed by atoms with Crippen LogP contribution in [0.3, 0.4) is 0 Å². The average Bonchev–Trinajstić information content (AvgIpc) is 2.76. The van der Waals surface area contributed by atoms with Crippen molar-refractivity contribution in [2.24, 2.45) is 0 Å². The first-order valence-electron chi connectivity index (χ1n) is 3.79. The van der Waals surface area contributed by atoms with Crippen LogP contribution in [0.15, 0.2) is 36.9 Å². The summed E-state index contributed by atoms with van der Waals surface area (Å²) in [5, 5.41) is 16.9. The minimum atomic E-state index is -0.495. The summed E-state index contributed by atoms with van der Waals surface area (Å²) >= 11 is 0. The molecule has 0 aliphatic heterocycles. The van der Waals surface area contributed by atoms with Crippen LogP contribution in [0.5, 0.6) is 0 Å². The molecule has 0 bridgehead atoms. The highest BCUT2D eigenvalue weighted by Crippen LogP contribution is 2.04. The Morgan fingerprint density at radius 1 is 1.08 bits per heavy atom. The van der Waals surface area contributed by atoms with E-state index in [4.69, 9.17) is 5.26 Å². The van der Waals surface area contributed by atoms with Gasteiger partial charge in [-0.25, -0.2) is 9.36 Å². The summed E-state index contributed by atoms with van der Waals surface area (Å²) in [6.07, 6.45) is 6.23. The number of aromatic nitrogens is 4. The second kappa shape index (κ2) is 3.11. The normalized spacial score (nSPS) is 10.2. The van der Waals surface area contributed by atoms with Gasteiger partial charge in [0.15, 0.2) is 0 Å². The van der Waals surface area contributed by atoms with Crippen molar-refractivity contribution >= 4 is 0 Å². The third kappa shape index (κ3) is 1.29. The van der Waals surface area contributed by atoms with E-state index in [1.807, 2.05) is 0 Å². The van der Waals surface area contributed by atoms with Gasteiger partial charge < -0.3 is 0 Å². The smallest absolute Gasteiger partial charge is 0.229 e. The molecule has 0 saturated carbocycles. The van der Waals surface area contributed by atoms with Crippen LogP contribution in [0.4, 0.5) is 0 Å². The molecule has 5 heteroatoms. The molecule has 64 valence electrons. The van der Waals surface area contributed by atoms with Gasteiger partial charge in [0.25, 0.3) is 0 Å². The van der Waals surface area contributed by atoms with Crippen molar-refractivity contribution in [1.29, 1.82) is 5.26 Å².